The molecule has 0 bridgehead atoms. The summed E-state index contributed by atoms with van der Waals surface area (Å²) in [4.78, 5) is 10.8. The lowest BCUT2D eigenvalue weighted by Crippen LogP contribution is -2.06. The SMILES string of the molecule is CC(C)CCCC(=O)OCCF. The molecule has 0 amide bonds. The molecule has 0 rings (SSSR count). The summed E-state index contributed by atoms with van der Waals surface area (Å²) in [6, 6.07) is 0. The summed E-state index contributed by atoms with van der Waals surface area (Å²) >= 11 is 0. The summed E-state index contributed by atoms with van der Waals surface area (Å²) in [5.74, 6) is 0.326. The maximum atomic E-state index is 11.5. The molecule has 3 heteroatoms. The average Bonchev–Trinajstić information content (AvgIpc) is 2.00. The van der Waals surface area contributed by atoms with E-state index in [0.29, 0.717) is 12.3 Å². The van der Waals surface area contributed by atoms with E-state index in [1.54, 1.807) is 0 Å². The summed E-state index contributed by atoms with van der Waals surface area (Å²) in [6.45, 7) is 3.52. The van der Waals surface area contributed by atoms with Gasteiger partial charge in [-0.25, -0.2) is 4.39 Å². The zero-order valence-electron chi connectivity index (χ0n) is 7.81. The van der Waals surface area contributed by atoms with E-state index in [0.717, 1.165) is 12.8 Å². The van der Waals surface area contributed by atoms with Gasteiger partial charge in [-0.1, -0.05) is 20.3 Å². The predicted octanol–water partition coefficient (Wildman–Crippen LogP) is 2.33. The van der Waals surface area contributed by atoms with E-state index in [-0.39, 0.29) is 12.6 Å². The first kappa shape index (κ1) is 11.4. The minimum atomic E-state index is -0.587. The van der Waals surface area contributed by atoms with E-state index in [4.69, 9.17) is 0 Å². The summed E-state index contributed by atoms with van der Waals surface area (Å²) in [5.41, 5.74) is 0. The van der Waals surface area contributed by atoms with Crippen LogP contribution in [0.4, 0.5) is 4.39 Å². The first-order valence-electron chi connectivity index (χ1n) is 4.38. The van der Waals surface area contributed by atoms with Crippen LogP contribution in [0.3, 0.4) is 0 Å². The zero-order chi connectivity index (χ0) is 9.40. The van der Waals surface area contributed by atoms with Crippen molar-refractivity contribution in [2.75, 3.05) is 13.3 Å². The molecule has 12 heavy (non-hydrogen) atoms. The Hall–Kier alpha value is -0.600. The third kappa shape index (κ3) is 7.51. The molecule has 0 N–H and O–H groups in total. The Morgan fingerprint density at radius 1 is 1.50 bits per heavy atom. The second-order valence-electron chi connectivity index (χ2n) is 3.20. The zero-order valence-corrected chi connectivity index (χ0v) is 7.81. The number of rotatable bonds is 6. The van der Waals surface area contributed by atoms with Gasteiger partial charge >= 0.3 is 5.97 Å². The molecule has 0 fully saturated rings. The fourth-order valence-corrected chi connectivity index (χ4v) is 0.879. The van der Waals surface area contributed by atoms with Gasteiger partial charge in [-0.2, -0.15) is 0 Å². The van der Waals surface area contributed by atoms with E-state index in [1.807, 2.05) is 0 Å². The van der Waals surface area contributed by atoms with Crippen LogP contribution in [0.5, 0.6) is 0 Å². The standard InChI is InChI=1S/C9H17FO2/c1-8(2)4-3-5-9(11)12-7-6-10/h8H,3-7H2,1-2H3. The molecule has 0 aromatic carbocycles. The number of alkyl halides is 1. The number of halogens is 1. The lowest BCUT2D eigenvalue weighted by Gasteiger charge is -2.03. The van der Waals surface area contributed by atoms with Crippen molar-refractivity contribution in [1.29, 1.82) is 0 Å². The Morgan fingerprint density at radius 2 is 2.17 bits per heavy atom. The van der Waals surface area contributed by atoms with Gasteiger partial charge in [0, 0.05) is 6.42 Å². The number of esters is 1. The smallest absolute Gasteiger partial charge is 0.305 e. The fraction of sp³-hybridized carbons (Fsp3) is 0.889. The van der Waals surface area contributed by atoms with E-state index in [1.165, 1.54) is 0 Å². The molecule has 0 spiro atoms. The first-order valence-corrected chi connectivity index (χ1v) is 4.38. The summed E-state index contributed by atoms with van der Waals surface area (Å²) in [7, 11) is 0. The molecule has 0 aliphatic rings. The molecule has 0 saturated carbocycles. The normalized spacial score (nSPS) is 10.3. The summed E-state index contributed by atoms with van der Waals surface area (Å²) in [6.07, 6.45) is 2.27. The number of carbonyl (C=O) groups excluding carboxylic acids is 1. The quantitative estimate of drug-likeness (QED) is 0.580. The number of ether oxygens (including phenoxy) is 1. The van der Waals surface area contributed by atoms with E-state index in [9.17, 15) is 9.18 Å². The number of carbonyl (C=O) groups is 1. The topological polar surface area (TPSA) is 26.3 Å². The van der Waals surface area contributed by atoms with Gasteiger partial charge in [-0.05, 0) is 12.3 Å². The van der Waals surface area contributed by atoms with Crippen LogP contribution in [0.25, 0.3) is 0 Å². The predicted molar refractivity (Wildman–Crippen MR) is 45.6 cm³/mol. The third-order valence-corrected chi connectivity index (χ3v) is 1.50. The highest BCUT2D eigenvalue weighted by molar-refractivity contribution is 5.69. The Balaban J connectivity index is 3.20. The van der Waals surface area contributed by atoms with Crippen molar-refractivity contribution >= 4 is 5.97 Å². The highest BCUT2D eigenvalue weighted by Crippen LogP contribution is 2.06. The van der Waals surface area contributed by atoms with Crippen LogP contribution in [-0.4, -0.2) is 19.3 Å². The Bertz CT molecular complexity index is 124. The van der Waals surface area contributed by atoms with Crippen LogP contribution in [0.15, 0.2) is 0 Å². The number of hydrogen-bond donors (Lipinski definition) is 0. The monoisotopic (exact) mass is 176 g/mol. The first-order chi connectivity index (χ1) is 5.66. The van der Waals surface area contributed by atoms with Crippen LogP contribution in [0.2, 0.25) is 0 Å². The van der Waals surface area contributed by atoms with Crippen LogP contribution in [0.1, 0.15) is 33.1 Å². The van der Waals surface area contributed by atoms with Gasteiger partial charge in [0.05, 0.1) is 0 Å². The molecule has 0 aliphatic carbocycles. The highest BCUT2D eigenvalue weighted by Gasteiger charge is 2.02. The molecule has 72 valence electrons. The molecule has 0 unspecified atom stereocenters. The van der Waals surface area contributed by atoms with Gasteiger partial charge in [-0.15, -0.1) is 0 Å². The van der Waals surface area contributed by atoms with E-state index < -0.39 is 6.67 Å². The molecule has 0 aromatic heterocycles. The van der Waals surface area contributed by atoms with E-state index in [2.05, 4.69) is 18.6 Å². The second kappa shape index (κ2) is 7.07. The molecule has 0 aromatic rings. The minimum Gasteiger partial charge on any atom is -0.463 e. The molecule has 0 atom stereocenters. The maximum absolute atomic E-state index is 11.5. The van der Waals surface area contributed by atoms with Crippen molar-refractivity contribution in [3.05, 3.63) is 0 Å². The maximum Gasteiger partial charge on any atom is 0.305 e. The lowest BCUT2D eigenvalue weighted by molar-refractivity contribution is -0.144. The fourth-order valence-electron chi connectivity index (χ4n) is 0.879. The van der Waals surface area contributed by atoms with Gasteiger partial charge in [0.15, 0.2) is 0 Å². The Labute approximate surface area is 73.1 Å². The van der Waals surface area contributed by atoms with Gasteiger partial charge in [0.2, 0.25) is 0 Å². The Kier molecular flexibility index (Phi) is 6.72. The van der Waals surface area contributed by atoms with Gasteiger partial charge in [0.1, 0.15) is 13.3 Å². The van der Waals surface area contributed by atoms with Gasteiger partial charge in [0.25, 0.3) is 0 Å². The van der Waals surface area contributed by atoms with Crippen molar-refractivity contribution in [2.45, 2.75) is 33.1 Å². The molecule has 0 aliphatic heterocycles. The second-order valence-corrected chi connectivity index (χ2v) is 3.20. The van der Waals surface area contributed by atoms with Crippen molar-refractivity contribution in [1.82, 2.24) is 0 Å². The summed E-state index contributed by atoms with van der Waals surface area (Å²) < 4.78 is 16.1. The minimum absolute atomic E-state index is 0.0967. The van der Waals surface area contributed by atoms with Crippen LogP contribution < -0.4 is 0 Å². The molecular weight excluding hydrogens is 159 g/mol. The average molecular weight is 176 g/mol. The van der Waals surface area contributed by atoms with Crippen LogP contribution >= 0.6 is 0 Å². The van der Waals surface area contributed by atoms with Gasteiger partial charge in [-0.3, -0.25) is 4.79 Å². The van der Waals surface area contributed by atoms with Crippen molar-refractivity contribution in [3.8, 4) is 0 Å². The molecular formula is C9H17FO2. The number of hydrogen-bond acceptors (Lipinski definition) is 2. The Morgan fingerprint density at radius 3 is 2.67 bits per heavy atom. The van der Waals surface area contributed by atoms with Crippen molar-refractivity contribution in [3.63, 3.8) is 0 Å². The largest absolute Gasteiger partial charge is 0.463 e. The summed E-state index contributed by atoms with van der Waals surface area (Å²) in [5, 5.41) is 0. The third-order valence-electron chi connectivity index (χ3n) is 1.50. The van der Waals surface area contributed by atoms with Gasteiger partial charge < -0.3 is 4.74 Å². The molecule has 2 nitrogen and oxygen atoms in total. The van der Waals surface area contributed by atoms with Crippen molar-refractivity contribution < 1.29 is 13.9 Å². The molecule has 0 radical (unpaired) electrons. The molecule has 0 saturated heterocycles. The van der Waals surface area contributed by atoms with Crippen molar-refractivity contribution in [2.24, 2.45) is 5.92 Å². The van der Waals surface area contributed by atoms with Crippen LogP contribution in [-0.2, 0) is 9.53 Å². The lowest BCUT2D eigenvalue weighted by atomic mass is 10.1. The van der Waals surface area contributed by atoms with E-state index >= 15 is 0 Å². The highest BCUT2D eigenvalue weighted by atomic mass is 19.1. The molecule has 0 heterocycles. The van der Waals surface area contributed by atoms with Crippen LogP contribution in [0, 0.1) is 5.92 Å².